The van der Waals surface area contributed by atoms with Crippen LogP contribution >= 0.6 is 23.4 Å². The van der Waals surface area contributed by atoms with Crippen LogP contribution in [0.15, 0.2) is 47.4 Å². The van der Waals surface area contributed by atoms with Gasteiger partial charge in [-0.25, -0.2) is 4.90 Å². The number of amides is 2. The Labute approximate surface area is 143 Å². The lowest BCUT2D eigenvalue weighted by atomic mass is 10.1. The molecule has 0 aromatic heterocycles. The molecule has 0 atom stereocenters. The fraction of sp³-hybridized carbons (Fsp3) is 0.111. The fourth-order valence-electron chi connectivity index (χ4n) is 2.48. The lowest BCUT2D eigenvalue weighted by Gasteiger charge is -2.15. The molecule has 0 aliphatic carbocycles. The van der Waals surface area contributed by atoms with Gasteiger partial charge in [0.2, 0.25) is 0 Å². The van der Waals surface area contributed by atoms with Crippen molar-refractivity contribution in [1.29, 1.82) is 0 Å². The van der Waals surface area contributed by atoms with E-state index in [2.05, 4.69) is 0 Å². The van der Waals surface area contributed by atoms with Crippen molar-refractivity contribution >= 4 is 46.3 Å². The molecule has 0 bridgehead atoms. The topological polar surface area (TPSA) is 37.4 Å². The minimum absolute atomic E-state index is 0.282. The monoisotopic (exact) mass is 343 g/mol. The van der Waals surface area contributed by atoms with E-state index in [1.165, 1.54) is 4.90 Å². The first-order chi connectivity index (χ1) is 11.0. The number of aryl methyl sites for hydroxylation is 2. The molecular weight excluding hydrogens is 330 g/mol. The van der Waals surface area contributed by atoms with E-state index in [4.69, 9.17) is 11.6 Å². The number of benzene rings is 2. The molecule has 1 heterocycles. The van der Waals surface area contributed by atoms with Crippen LogP contribution in [0.25, 0.3) is 6.08 Å². The van der Waals surface area contributed by atoms with E-state index in [0.29, 0.717) is 15.6 Å². The molecule has 1 saturated heterocycles. The van der Waals surface area contributed by atoms with Crippen molar-refractivity contribution in [3.8, 4) is 0 Å². The second kappa shape index (κ2) is 6.22. The number of rotatable bonds is 2. The lowest BCUT2D eigenvalue weighted by molar-refractivity contribution is -0.113. The zero-order valence-corrected chi connectivity index (χ0v) is 14.2. The summed E-state index contributed by atoms with van der Waals surface area (Å²) in [5, 5.41) is 0.308. The van der Waals surface area contributed by atoms with Gasteiger partial charge < -0.3 is 0 Å². The summed E-state index contributed by atoms with van der Waals surface area (Å²) in [6.45, 7) is 3.87. The average molecular weight is 344 g/mol. The van der Waals surface area contributed by atoms with Crippen LogP contribution in [0.1, 0.15) is 16.7 Å². The van der Waals surface area contributed by atoms with Crippen LogP contribution in [0.2, 0.25) is 5.02 Å². The Morgan fingerprint density at radius 3 is 2.57 bits per heavy atom. The van der Waals surface area contributed by atoms with E-state index in [-0.39, 0.29) is 11.1 Å². The summed E-state index contributed by atoms with van der Waals surface area (Å²) in [5.41, 5.74) is 3.42. The standard InChI is InChI=1S/C18H14ClNO2S/c1-11-6-7-15(12(2)8-11)20-17(21)16(23-18(20)22)10-13-4-3-5-14(19)9-13/h3-10H,1-2H3/b16-10-. The number of hydrogen-bond donors (Lipinski definition) is 0. The van der Waals surface area contributed by atoms with Gasteiger partial charge in [-0.15, -0.1) is 0 Å². The molecule has 2 aromatic carbocycles. The zero-order valence-electron chi connectivity index (χ0n) is 12.7. The molecule has 0 spiro atoms. The maximum atomic E-state index is 12.6. The summed E-state index contributed by atoms with van der Waals surface area (Å²) in [6, 6.07) is 12.8. The van der Waals surface area contributed by atoms with Gasteiger partial charge in [-0.2, -0.15) is 0 Å². The van der Waals surface area contributed by atoms with Crippen molar-refractivity contribution in [3.05, 3.63) is 69.1 Å². The normalized spacial score (nSPS) is 16.5. The summed E-state index contributed by atoms with van der Waals surface area (Å²) in [5.74, 6) is -0.299. The van der Waals surface area contributed by atoms with Crippen molar-refractivity contribution in [3.63, 3.8) is 0 Å². The Morgan fingerprint density at radius 2 is 1.87 bits per heavy atom. The van der Waals surface area contributed by atoms with Gasteiger partial charge in [-0.3, -0.25) is 9.59 Å². The third kappa shape index (κ3) is 3.19. The molecule has 23 heavy (non-hydrogen) atoms. The van der Waals surface area contributed by atoms with Gasteiger partial charge in [0.15, 0.2) is 0 Å². The van der Waals surface area contributed by atoms with Crippen LogP contribution in [-0.4, -0.2) is 11.1 Å². The van der Waals surface area contributed by atoms with Crippen molar-refractivity contribution in [2.75, 3.05) is 4.90 Å². The minimum Gasteiger partial charge on any atom is -0.268 e. The summed E-state index contributed by atoms with van der Waals surface area (Å²) < 4.78 is 0. The molecule has 2 amide bonds. The summed E-state index contributed by atoms with van der Waals surface area (Å²) >= 11 is 6.90. The minimum atomic E-state index is -0.299. The first-order valence-corrected chi connectivity index (χ1v) is 8.26. The second-order valence-electron chi connectivity index (χ2n) is 5.36. The Hall–Kier alpha value is -2.04. The molecule has 2 aromatic rings. The highest BCUT2D eigenvalue weighted by Gasteiger charge is 2.36. The number of carbonyl (C=O) groups excluding carboxylic acids is 2. The smallest absolute Gasteiger partial charge is 0.268 e. The van der Waals surface area contributed by atoms with Crippen LogP contribution in [-0.2, 0) is 4.79 Å². The average Bonchev–Trinajstić information content (AvgIpc) is 2.74. The van der Waals surface area contributed by atoms with Crippen molar-refractivity contribution < 1.29 is 9.59 Å². The summed E-state index contributed by atoms with van der Waals surface area (Å²) in [4.78, 5) is 26.5. The van der Waals surface area contributed by atoms with Crippen molar-refractivity contribution in [2.24, 2.45) is 0 Å². The molecule has 0 N–H and O–H groups in total. The number of anilines is 1. The first-order valence-electron chi connectivity index (χ1n) is 7.06. The molecule has 0 unspecified atom stereocenters. The molecule has 1 fully saturated rings. The number of halogens is 1. The summed E-state index contributed by atoms with van der Waals surface area (Å²) in [7, 11) is 0. The van der Waals surface area contributed by atoms with Gasteiger partial charge >= 0.3 is 0 Å². The number of nitrogens with zero attached hydrogens (tertiary/aromatic N) is 1. The highest BCUT2D eigenvalue weighted by molar-refractivity contribution is 8.19. The predicted octanol–water partition coefficient (Wildman–Crippen LogP) is 5.20. The molecule has 3 rings (SSSR count). The molecule has 3 nitrogen and oxygen atoms in total. The van der Waals surface area contributed by atoms with Crippen LogP contribution in [0, 0.1) is 13.8 Å². The number of hydrogen-bond acceptors (Lipinski definition) is 3. The SMILES string of the molecule is Cc1ccc(N2C(=O)S/C(=C\c3cccc(Cl)c3)C2=O)c(C)c1. The van der Waals surface area contributed by atoms with E-state index in [1.807, 2.05) is 44.2 Å². The second-order valence-corrected chi connectivity index (χ2v) is 6.79. The van der Waals surface area contributed by atoms with E-state index < -0.39 is 0 Å². The number of imide groups is 1. The van der Waals surface area contributed by atoms with Gasteiger partial charge in [0.05, 0.1) is 10.6 Å². The molecule has 1 aliphatic rings. The quantitative estimate of drug-likeness (QED) is 0.703. The molecule has 0 radical (unpaired) electrons. The predicted molar refractivity (Wildman–Crippen MR) is 95.8 cm³/mol. The molecule has 5 heteroatoms. The van der Waals surface area contributed by atoms with Gasteiger partial charge in [-0.1, -0.05) is 41.4 Å². The van der Waals surface area contributed by atoms with Gasteiger partial charge in [0.1, 0.15) is 0 Å². The Bertz CT molecular complexity index is 845. The molecular formula is C18H14ClNO2S. The Balaban J connectivity index is 1.97. The Kier molecular flexibility index (Phi) is 4.28. The van der Waals surface area contributed by atoms with E-state index >= 15 is 0 Å². The zero-order chi connectivity index (χ0) is 16.6. The third-order valence-corrected chi connectivity index (χ3v) is 4.64. The first kappa shape index (κ1) is 15.8. The van der Waals surface area contributed by atoms with E-state index in [9.17, 15) is 9.59 Å². The molecule has 0 saturated carbocycles. The molecule has 116 valence electrons. The van der Waals surface area contributed by atoms with Crippen LogP contribution in [0.4, 0.5) is 10.5 Å². The number of thioether (sulfide) groups is 1. The largest absolute Gasteiger partial charge is 0.298 e. The van der Waals surface area contributed by atoms with E-state index in [0.717, 1.165) is 28.5 Å². The third-order valence-electron chi connectivity index (χ3n) is 3.53. The van der Waals surface area contributed by atoms with E-state index in [1.54, 1.807) is 18.2 Å². The highest BCUT2D eigenvalue weighted by Crippen LogP contribution is 2.37. The number of carbonyl (C=O) groups is 2. The molecule has 1 aliphatic heterocycles. The van der Waals surface area contributed by atoms with Crippen LogP contribution in [0.5, 0.6) is 0 Å². The van der Waals surface area contributed by atoms with Crippen molar-refractivity contribution in [1.82, 2.24) is 0 Å². The maximum Gasteiger partial charge on any atom is 0.298 e. The highest BCUT2D eigenvalue weighted by atomic mass is 35.5. The maximum absolute atomic E-state index is 12.6. The van der Waals surface area contributed by atoms with Gasteiger partial charge in [0, 0.05) is 5.02 Å². The summed E-state index contributed by atoms with van der Waals surface area (Å²) in [6.07, 6.45) is 1.69. The lowest BCUT2D eigenvalue weighted by Crippen LogP contribution is -2.28. The van der Waals surface area contributed by atoms with Gasteiger partial charge in [-0.05, 0) is 61.0 Å². The van der Waals surface area contributed by atoms with Crippen LogP contribution in [0.3, 0.4) is 0 Å². The van der Waals surface area contributed by atoms with Crippen LogP contribution < -0.4 is 4.90 Å². The Morgan fingerprint density at radius 1 is 1.09 bits per heavy atom. The van der Waals surface area contributed by atoms with Gasteiger partial charge in [0.25, 0.3) is 11.1 Å². The van der Waals surface area contributed by atoms with Crippen molar-refractivity contribution in [2.45, 2.75) is 13.8 Å². The fourth-order valence-corrected chi connectivity index (χ4v) is 3.51.